The molecule has 2 aliphatic carbocycles. The predicted molar refractivity (Wildman–Crippen MR) is 78.9 cm³/mol. The van der Waals surface area contributed by atoms with Crippen molar-refractivity contribution in [1.29, 1.82) is 0 Å². The fraction of sp³-hybridized carbons (Fsp3) is 0.556. The van der Waals surface area contributed by atoms with E-state index in [9.17, 15) is 0 Å². The van der Waals surface area contributed by atoms with Gasteiger partial charge in [0, 0.05) is 31.8 Å². The zero-order valence-electron chi connectivity index (χ0n) is 12.6. The van der Waals surface area contributed by atoms with Crippen molar-refractivity contribution in [3.8, 4) is 0 Å². The van der Waals surface area contributed by atoms with E-state index in [2.05, 4.69) is 52.0 Å². The Balaban J connectivity index is 0.00000133. The molecule has 3 rings (SSSR count). The zero-order valence-corrected chi connectivity index (χ0v) is 16.2. The molecule has 2 unspecified atom stereocenters. The fourth-order valence-electron chi connectivity index (χ4n) is 3.64. The standard InChI is InChI=1S/C18H24.Hf/c1-5-12(2)16-7-6-13-8-14-10-18(3,4)11-15(14)9-17(13)16;/h6-9,12,16H,5,10-11H2,1-4H3;. The van der Waals surface area contributed by atoms with Gasteiger partial charge in [-0.25, -0.2) is 0 Å². The van der Waals surface area contributed by atoms with Crippen LogP contribution in [0, 0.1) is 11.3 Å². The minimum Gasteiger partial charge on any atom is -0.0761 e. The Labute approximate surface area is 136 Å². The van der Waals surface area contributed by atoms with Gasteiger partial charge in [0.2, 0.25) is 0 Å². The van der Waals surface area contributed by atoms with Gasteiger partial charge in [-0.15, -0.1) is 0 Å². The Morgan fingerprint density at radius 3 is 2.47 bits per heavy atom. The summed E-state index contributed by atoms with van der Waals surface area (Å²) in [6.07, 6.45) is 8.52. The molecule has 0 amide bonds. The van der Waals surface area contributed by atoms with Crippen LogP contribution in [0.25, 0.3) is 6.08 Å². The SMILES string of the molecule is CCC(C)C1C=Cc2cc3c(cc21)CC(C)(C)C3.[Hf]. The Bertz CT molecular complexity index is 511. The minimum absolute atomic E-state index is 0. The van der Waals surface area contributed by atoms with Gasteiger partial charge in [-0.1, -0.05) is 58.4 Å². The molecule has 0 saturated heterocycles. The van der Waals surface area contributed by atoms with Crippen LogP contribution in [0.5, 0.6) is 0 Å². The smallest absolute Gasteiger partial charge is 0.00528 e. The Morgan fingerprint density at radius 2 is 1.84 bits per heavy atom. The van der Waals surface area contributed by atoms with Crippen molar-refractivity contribution in [2.45, 2.75) is 52.9 Å². The Morgan fingerprint density at radius 1 is 1.21 bits per heavy atom. The fourth-order valence-corrected chi connectivity index (χ4v) is 3.64. The third-order valence-corrected chi connectivity index (χ3v) is 4.84. The summed E-state index contributed by atoms with van der Waals surface area (Å²) >= 11 is 0. The van der Waals surface area contributed by atoms with Gasteiger partial charge in [-0.05, 0) is 46.4 Å². The van der Waals surface area contributed by atoms with Crippen LogP contribution < -0.4 is 0 Å². The van der Waals surface area contributed by atoms with Crippen LogP contribution in [0.2, 0.25) is 0 Å². The molecule has 2 aliphatic rings. The van der Waals surface area contributed by atoms with Crippen LogP contribution >= 0.6 is 0 Å². The van der Waals surface area contributed by atoms with Gasteiger partial charge < -0.3 is 0 Å². The molecule has 1 heteroatoms. The molecular formula is C18H24Hf. The minimum atomic E-state index is 0. The predicted octanol–water partition coefficient (Wildman–Crippen LogP) is 4.97. The monoisotopic (exact) mass is 420 g/mol. The third kappa shape index (κ3) is 2.68. The molecule has 19 heavy (non-hydrogen) atoms. The van der Waals surface area contributed by atoms with Gasteiger partial charge in [0.15, 0.2) is 0 Å². The summed E-state index contributed by atoms with van der Waals surface area (Å²) in [4.78, 5) is 0. The summed E-state index contributed by atoms with van der Waals surface area (Å²) in [7, 11) is 0. The van der Waals surface area contributed by atoms with Crippen molar-refractivity contribution in [2.24, 2.45) is 11.3 Å². The van der Waals surface area contributed by atoms with Gasteiger partial charge >= 0.3 is 0 Å². The molecule has 0 N–H and O–H groups in total. The van der Waals surface area contributed by atoms with E-state index in [0.717, 1.165) is 5.92 Å². The maximum Gasteiger partial charge on any atom is 0.00528 e. The van der Waals surface area contributed by atoms with Crippen LogP contribution in [0.3, 0.4) is 0 Å². The largest absolute Gasteiger partial charge is 0.0761 e. The van der Waals surface area contributed by atoms with Crippen LogP contribution in [0.4, 0.5) is 0 Å². The summed E-state index contributed by atoms with van der Waals surface area (Å²) in [5.41, 5.74) is 6.73. The van der Waals surface area contributed by atoms with Crippen LogP contribution in [-0.2, 0) is 38.7 Å². The van der Waals surface area contributed by atoms with Gasteiger partial charge in [0.25, 0.3) is 0 Å². The van der Waals surface area contributed by atoms with E-state index in [0.29, 0.717) is 11.3 Å². The normalized spacial score (nSPS) is 23.7. The number of benzene rings is 1. The van der Waals surface area contributed by atoms with E-state index in [1.165, 1.54) is 24.8 Å². The van der Waals surface area contributed by atoms with Crippen molar-refractivity contribution in [1.82, 2.24) is 0 Å². The summed E-state index contributed by atoms with van der Waals surface area (Å²) in [6.45, 7) is 9.45. The van der Waals surface area contributed by atoms with E-state index in [1.807, 2.05) is 0 Å². The van der Waals surface area contributed by atoms with Gasteiger partial charge in [-0.2, -0.15) is 0 Å². The number of fused-ring (bicyclic) bond motifs is 2. The first-order valence-corrected chi connectivity index (χ1v) is 7.34. The maximum absolute atomic E-state index is 2.51. The second-order valence-electron chi connectivity index (χ2n) is 7.04. The molecule has 0 aliphatic heterocycles. The molecule has 0 aromatic heterocycles. The second-order valence-corrected chi connectivity index (χ2v) is 7.04. The molecular weight excluding hydrogens is 395 g/mol. The molecule has 0 radical (unpaired) electrons. The number of allylic oxidation sites excluding steroid dienone is 1. The van der Waals surface area contributed by atoms with Crippen molar-refractivity contribution in [2.75, 3.05) is 0 Å². The molecule has 0 bridgehead atoms. The molecule has 0 saturated carbocycles. The van der Waals surface area contributed by atoms with Gasteiger partial charge in [-0.3, -0.25) is 0 Å². The topological polar surface area (TPSA) is 0 Å². The quantitative estimate of drug-likeness (QED) is 0.595. The summed E-state index contributed by atoms with van der Waals surface area (Å²) < 4.78 is 0. The second kappa shape index (κ2) is 5.31. The summed E-state index contributed by atoms with van der Waals surface area (Å²) in [5, 5.41) is 0. The molecule has 0 spiro atoms. The van der Waals surface area contributed by atoms with E-state index < -0.39 is 0 Å². The number of rotatable bonds is 2. The molecule has 0 fully saturated rings. The third-order valence-electron chi connectivity index (χ3n) is 4.84. The Hall–Kier alpha value is -0.170. The molecule has 0 nitrogen and oxygen atoms in total. The van der Waals surface area contributed by atoms with E-state index in [4.69, 9.17) is 0 Å². The maximum atomic E-state index is 2.51. The number of hydrogen-bond donors (Lipinski definition) is 0. The van der Waals surface area contributed by atoms with E-state index in [-0.39, 0.29) is 25.8 Å². The first-order chi connectivity index (χ1) is 8.50. The average molecular weight is 419 g/mol. The molecule has 0 heterocycles. The van der Waals surface area contributed by atoms with Crippen LogP contribution in [0.1, 0.15) is 62.3 Å². The van der Waals surface area contributed by atoms with Crippen LogP contribution in [0.15, 0.2) is 18.2 Å². The van der Waals surface area contributed by atoms with Gasteiger partial charge in [0.05, 0.1) is 0 Å². The van der Waals surface area contributed by atoms with E-state index in [1.54, 1.807) is 16.7 Å². The zero-order chi connectivity index (χ0) is 12.9. The molecule has 1 aromatic carbocycles. The summed E-state index contributed by atoms with van der Waals surface area (Å²) in [6, 6.07) is 4.97. The van der Waals surface area contributed by atoms with Crippen molar-refractivity contribution < 1.29 is 25.8 Å². The van der Waals surface area contributed by atoms with Crippen molar-refractivity contribution in [3.63, 3.8) is 0 Å². The first-order valence-electron chi connectivity index (χ1n) is 7.34. The molecule has 1 aromatic rings. The first kappa shape index (κ1) is 15.2. The van der Waals surface area contributed by atoms with Gasteiger partial charge in [0.1, 0.15) is 0 Å². The van der Waals surface area contributed by atoms with Crippen LogP contribution in [-0.4, -0.2) is 0 Å². The molecule has 2 atom stereocenters. The van der Waals surface area contributed by atoms with E-state index >= 15 is 0 Å². The Kier molecular flexibility index (Phi) is 4.26. The van der Waals surface area contributed by atoms with Crippen molar-refractivity contribution >= 4 is 6.08 Å². The molecule has 100 valence electrons. The van der Waals surface area contributed by atoms with Crippen molar-refractivity contribution in [3.05, 3.63) is 40.5 Å². The number of hydrogen-bond acceptors (Lipinski definition) is 0. The summed E-state index contributed by atoms with van der Waals surface area (Å²) in [5.74, 6) is 1.41. The average Bonchev–Trinajstić information content (AvgIpc) is 2.82.